The van der Waals surface area contributed by atoms with Gasteiger partial charge < -0.3 is 10.5 Å². The van der Waals surface area contributed by atoms with E-state index < -0.39 is 0 Å². The van der Waals surface area contributed by atoms with E-state index in [4.69, 9.17) is 10.5 Å². The summed E-state index contributed by atoms with van der Waals surface area (Å²) in [7, 11) is 0. The molecular weight excluding hydrogens is 224 g/mol. The summed E-state index contributed by atoms with van der Waals surface area (Å²) >= 11 is 0. The summed E-state index contributed by atoms with van der Waals surface area (Å²) in [5, 5.41) is 0. The number of hydrogen-bond acceptors (Lipinski definition) is 3. The van der Waals surface area contributed by atoms with Gasteiger partial charge in [-0.05, 0) is 44.1 Å². The van der Waals surface area contributed by atoms with Crippen LogP contribution in [-0.2, 0) is 4.74 Å². The van der Waals surface area contributed by atoms with Crippen LogP contribution in [-0.4, -0.2) is 42.8 Å². The van der Waals surface area contributed by atoms with E-state index in [9.17, 15) is 0 Å². The maximum absolute atomic E-state index is 6.37. The molecule has 0 amide bonds. The van der Waals surface area contributed by atoms with E-state index in [1.165, 1.54) is 32.1 Å². The van der Waals surface area contributed by atoms with Gasteiger partial charge in [-0.3, -0.25) is 4.90 Å². The molecule has 0 aromatic carbocycles. The molecule has 0 radical (unpaired) electrons. The molecule has 1 aliphatic heterocycles. The SMILES string of the molecule is CCN(CC1CCCO1)C1CC(C)(C)CCC1N. The van der Waals surface area contributed by atoms with Gasteiger partial charge in [0.25, 0.3) is 0 Å². The second kappa shape index (κ2) is 5.89. The highest BCUT2D eigenvalue weighted by atomic mass is 16.5. The third-order valence-electron chi connectivity index (χ3n) is 4.75. The van der Waals surface area contributed by atoms with Gasteiger partial charge in [-0.25, -0.2) is 0 Å². The topological polar surface area (TPSA) is 38.5 Å². The zero-order valence-corrected chi connectivity index (χ0v) is 12.3. The van der Waals surface area contributed by atoms with Crippen LogP contribution in [0, 0.1) is 5.41 Å². The van der Waals surface area contributed by atoms with Crippen molar-refractivity contribution in [1.82, 2.24) is 4.90 Å². The molecule has 0 aromatic heterocycles. The first kappa shape index (κ1) is 14.3. The van der Waals surface area contributed by atoms with Crippen molar-refractivity contribution >= 4 is 0 Å². The van der Waals surface area contributed by atoms with Crippen LogP contribution >= 0.6 is 0 Å². The van der Waals surface area contributed by atoms with E-state index in [0.29, 0.717) is 23.6 Å². The highest BCUT2D eigenvalue weighted by Crippen LogP contribution is 2.37. The van der Waals surface area contributed by atoms with E-state index in [1.54, 1.807) is 0 Å². The maximum atomic E-state index is 6.37. The van der Waals surface area contributed by atoms with Crippen molar-refractivity contribution in [3.05, 3.63) is 0 Å². The van der Waals surface area contributed by atoms with Gasteiger partial charge in [-0.2, -0.15) is 0 Å². The van der Waals surface area contributed by atoms with Crippen LogP contribution < -0.4 is 5.73 Å². The van der Waals surface area contributed by atoms with Gasteiger partial charge in [0.1, 0.15) is 0 Å². The van der Waals surface area contributed by atoms with Gasteiger partial charge >= 0.3 is 0 Å². The number of nitrogens with zero attached hydrogens (tertiary/aromatic N) is 1. The predicted octanol–water partition coefficient (Wildman–Crippen LogP) is 2.39. The summed E-state index contributed by atoms with van der Waals surface area (Å²) in [6.45, 7) is 10.1. The van der Waals surface area contributed by atoms with Crippen molar-refractivity contribution in [3.8, 4) is 0 Å². The first-order chi connectivity index (χ1) is 8.52. The molecule has 1 heterocycles. The fourth-order valence-corrected chi connectivity index (χ4v) is 3.52. The molecule has 18 heavy (non-hydrogen) atoms. The molecule has 0 spiro atoms. The lowest BCUT2D eigenvalue weighted by atomic mass is 9.72. The zero-order chi connectivity index (χ0) is 13.2. The number of rotatable bonds is 4. The molecule has 0 bridgehead atoms. The molecule has 2 rings (SSSR count). The molecule has 3 heteroatoms. The Morgan fingerprint density at radius 2 is 2.11 bits per heavy atom. The normalized spacial score (nSPS) is 36.2. The molecule has 1 aliphatic carbocycles. The van der Waals surface area contributed by atoms with E-state index in [0.717, 1.165) is 19.7 Å². The highest BCUT2D eigenvalue weighted by molar-refractivity contribution is 4.93. The lowest BCUT2D eigenvalue weighted by Crippen LogP contribution is -2.54. The van der Waals surface area contributed by atoms with Gasteiger partial charge in [0.15, 0.2) is 0 Å². The summed E-state index contributed by atoms with van der Waals surface area (Å²) in [5.74, 6) is 0. The average molecular weight is 254 g/mol. The minimum absolute atomic E-state index is 0.347. The third-order valence-corrected chi connectivity index (χ3v) is 4.75. The van der Waals surface area contributed by atoms with Crippen molar-refractivity contribution in [2.45, 2.75) is 71.1 Å². The Kier molecular flexibility index (Phi) is 4.68. The monoisotopic (exact) mass is 254 g/mol. The minimum Gasteiger partial charge on any atom is -0.377 e. The van der Waals surface area contributed by atoms with Crippen LogP contribution in [0.15, 0.2) is 0 Å². The summed E-state index contributed by atoms with van der Waals surface area (Å²) in [6, 6.07) is 0.891. The molecular formula is C15H30N2O. The second-order valence-corrected chi connectivity index (χ2v) is 6.86. The maximum Gasteiger partial charge on any atom is 0.0702 e. The minimum atomic E-state index is 0.347. The quantitative estimate of drug-likeness (QED) is 0.837. The standard InChI is InChI=1S/C15H30N2O/c1-4-17(11-12-6-5-9-18-12)14-10-15(2,3)8-7-13(14)16/h12-14H,4-11,16H2,1-3H3. The van der Waals surface area contributed by atoms with E-state index >= 15 is 0 Å². The molecule has 2 aliphatic rings. The Morgan fingerprint density at radius 1 is 1.33 bits per heavy atom. The highest BCUT2D eigenvalue weighted by Gasteiger charge is 2.36. The Morgan fingerprint density at radius 3 is 2.72 bits per heavy atom. The first-order valence-electron chi connectivity index (χ1n) is 7.63. The van der Waals surface area contributed by atoms with Crippen LogP contribution in [0.4, 0.5) is 0 Å². The molecule has 0 aromatic rings. The molecule has 3 atom stereocenters. The third kappa shape index (κ3) is 3.46. The van der Waals surface area contributed by atoms with Gasteiger partial charge in [-0.1, -0.05) is 20.8 Å². The van der Waals surface area contributed by atoms with E-state index in [1.807, 2.05) is 0 Å². The van der Waals surface area contributed by atoms with Crippen LogP contribution in [0.1, 0.15) is 52.9 Å². The summed E-state index contributed by atoms with van der Waals surface area (Å²) < 4.78 is 5.78. The molecule has 3 nitrogen and oxygen atoms in total. The number of nitrogens with two attached hydrogens (primary N) is 1. The fourth-order valence-electron chi connectivity index (χ4n) is 3.52. The summed E-state index contributed by atoms with van der Waals surface area (Å²) in [6.07, 6.45) is 6.56. The lowest BCUT2D eigenvalue weighted by molar-refractivity contribution is 0.0269. The molecule has 2 N–H and O–H groups in total. The molecule has 2 fully saturated rings. The van der Waals surface area contributed by atoms with Crippen LogP contribution in [0.25, 0.3) is 0 Å². The number of likely N-dealkylation sites (N-methyl/N-ethyl adjacent to an activating group) is 1. The Hall–Kier alpha value is -0.120. The van der Waals surface area contributed by atoms with Crippen LogP contribution in [0.2, 0.25) is 0 Å². The number of ether oxygens (including phenoxy) is 1. The summed E-state index contributed by atoms with van der Waals surface area (Å²) in [4.78, 5) is 2.57. The second-order valence-electron chi connectivity index (χ2n) is 6.86. The Bertz CT molecular complexity index is 261. The average Bonchev–Trinajstić information content (AvgIpc) is 2.82. The van der Waals surface area contributed by atoms with Crippen molar-refractivity contribution in [2.24, 2.45) is 11.1 Å². The number of hydrogen-bond donors (Lipinski definition) is 1. The van der Waals surface area contributed by atoms with Crippen LogP contribution in [0.5, 0.6) is 0 Å². The predicted molar refractivity (Wildman–Crippen MR) is 75.6 cm³/mol. The fraction of sp³-hybridized carbons (Fsp3) is 1.00. The zero-order valence-electron chi connectivity index (χ0n) is 12.3. The smallest absolute Gasteiger partial charge is 0.0702 e. The van der Waals surface area contributed by atoms with E-state index in [2.05, 4.69) is 25.7 Å². The van der Waals surface area contributed by atoms with Gasteiger partial charge in [0.05, 0.1) is 6.10 Å². The van der Waals surface area contributed by atoms with Gasteiger partial charge in [-0.15, -0.1) is 0 Å². The van der Waals surface area contributed by atoms with Gasteiger partial charge in [0, 0.05) is 25.2 Å². The lowest BCUT2D eigenvalue weighted by Gasteiger charge is -2.45. The van der Waals surface area contributed by atoms with Crippen molar-refractivity contribution in [3.63, 3.8) is 0 Å². The molecule has 1 saturated heterocycles. The Balaban J connectivity index is 1.96. The molecule has 3 unspecified atom stereocenters. The first-order valence-corrected chi connectivity index (χ1v) is 7.63. The van der Waals surface area contributed by atoms with Crippen molar-refractivity contribution < 1.29 is 4.74 Å². The Labute approximate surface area is 112 Å². The molecule has 106 valence electrons. The van der Waals surface area contributed by atoms with Crippen molar-refractivity contribution in [2.75, 3.05) is 19.7 Å². The molecule has 1 saturated carbocycles. The van der Waals surface area contributed by atoms with Gasteiger partial charge in [0.2, 0.25) is 0 Å². The summed E-state index contributed by atoms with van der Waals surface area (Å²) in [5.41, 5.74) is 6.82. The largest absolute Gasteiger partial charge is 0.377 e. The van der Waals surface area contributed by atoms with E-state index in [-0.39, 0.29) is 0 Å². The van der Waals surface area contributed by atoms with Crippen molar-refractivity contribution in [1.29, 1.82) is 0 Å². The van der Waals surface area contributed by atoms with Crippen LogP contribution in [0.3, 0.4) is 0 Å².